The lowest BCUT2D eigenvalue weighted by Crippen LogP contribution is -2.30. The van der Waals surface area contributed by atoms with Gasteiger partial charge in [-0.1, -0.05) is 11.6 Å². The van der Waals surface area contributed by atoms with E-state index in [0.717, 1.165) is 24.1 Å². The molecule has 0 heterocycles. The number of urea groups is 1. The van der Waals surface area contributed by atoms with Crippen LogP contribution in [0.1, 0.15) is 18.4 Å². The Labute approximate surface area is 93.8 Å². The lowest BCUT2D eigenvalue weighted by Gasteiger charge is -2.09. The van der Waals surface area contributed by atoms with Gasteiger partial charge in [-0.3, -0.25) is 0 Å². The van der Waals surface area contributed by atoms with E-state index < -0.39 is 0 Å². The van der Waals surface area contributed by atoms with Crippen molar-refractivity contribution in [1.82, 2.24) is 5.32 Å². The van der Waals surface area contributed by atoms with E-state index in [2.05, 4.69) is 10.6 Å². The molecule has 2 amide bonds. The number of benzene rings is 1. The summed E-state index contributed by atoms with van der Waals surface area (Å²) in [5.74, 6) is 0. The highest BCUT2D eigenvalue weighted by molar-refractivity contribution is 6.30. The Kier molecular flexibility index (Phi) is 2.82. The number of anilines is 1. The van der Waals surface area contributed by atoms with Crippen molar-refractivity contribution in [3.05, 3.63) is 28.8 Å². The largest absolute Gasteiger partial charge is 0.335 e. The Morgan fingerprint density at radius 1 is 1.47 bits per heavy atom. The van der Waals surface area contributed by atoms with E-state index >= 15 is 0 Å². The molecule has 0 aromatic heterocycles. The SMILES string of the molecule is Cc1cc(Cl)ccc1NC(=O)NC1CC1. The summed E-state index contributed by atoms with van der Waals surface area (Å²) in [6.45, 7) is 1.92. The molecule has 0 bridgehead atoms. The van der Waals surface area contributed by atoms with Crippen molar-refractivity contribution >= 4 is 23.3 Å². The second-order valence-corrected chi connectivity index (χ2v) is 4.27. The van der Waals surface area contributed by atoms with Crippen molar-refractivity contribution in [1.29, 1.82) is 0 Å². The van der Waals surface area contributed by atoms with Crippen molar-refractivity contribution in [3.63, 3.8) is 0 Å². The number of carbonyl (C=O) groups excluding carboxylic acids is 1. The molecule has 1 aliphatic rings. The van der Waals surface area contributed by atoms with Gasteiger partial charge < -0.3 is 10.6 Å². The third-order valence-electron chi connectivity index (χ3n) is 2.35. The highest BCUT2D eigenvalue weighted by Gasteiger charge is 2.23. The highest BCUT2D eigenvalue weighted by Crippen LogP contribution is 2.21. The fourth-order valence-electron chi connectivity index (χ4n) is 1.34. The first kappa shape index (κ1) is 10.3. The predicted octanol–water partition coefficient (Wildman–Crippen LogP) is 2.93. The molecule has 4 heteroatoms. The smallest absolute Gasteiger partial charge is 0.319 e. The van der Waals surface area contributed by atoms with Crippen LogP contribution in [0.25, 0.3) is 0 Å². The lowest BCUT2D eigenvalue weighted by atomic mass is 10.2. The number of halogens is 1. The molecule has 2 rings (SSSR count). The number of aryl methyl sites for hydroxylation is 1. The van der Waals surface area contributed by atoms with Crippen molar-refractivity contribution in [2.24, 2.45) is 0 Å². The summed E-state index contributed by atoms with van der Waals surface area (Å²) in [5.41, 5.74) is 1.77. The normalized spacial score (nSPS) is 14.8. The second-order valence-electron chi connectivity index (χ2n) is 3.83. The maximum absolute atomic E-state index is 11.4. The van der Waals surface area contributed by atoms with Crippen LogP contribution in [0.4, 0.5) is 10.5 Å². The van der Waals surface area contributed by atoms with Crippen LogP contribution in [0, 0.1) is 6.92 Å². The maximum Gasteiger partial charge on any atom is 0.319 e. The van der Waals surface area contributed by atoms with Crippen molar-refractivity contribution in [2.75, 3.05) is 5.32 Å². The van der Waals surface area contributed by atoms with Gasteiger partial charge in [-0.2, -0.15) is 0 Å². The topological polar surface area (TPSA) is 41.1 Å². The van der Waals surface area contributed by atoms with Gasteiger partial charge in [0, 0.05) is 16.8 Å². The fraction of sp³-hybridized carbons (Fsp3) is 0.364. The highest BCUT2D eigenvalue weighted by atomic mass is 35.5. The predicted molar refractivity (Wildman–Crippen MR) is 61.4 cm³/mol. The molecular formula is C11H13ClN2O. The number of hydrogen-bond donors (Lipinski definition) is 2. The summed E-state index contributed by atoms with van der Waals surface area (Å²) in [7, 11) is 0. The number of carbonyl (C=O) groups is 1. The molecule has 1 aromatic rings. The number of rotatable bonds is 2. The van der Waals surface area contributed by atoms with Crippen LogP contribution in [0.5, 0.6) is 0 Å². The van der Waals surface area contributed by atoms with Gasteiger partial charge in [0.1, 0.15) is 0 Å². The zero-order valence-electron chi connectivity index (χ0n) is 8.51. The van der Waals surface area contributed by atoms with E-state index in [0.29, 0.717) is 11.1 Å². The standard InChI is InChI=1S/C11H13ClN2O/c1-7-6-8(12)2-5-10(7)14-11(15)13-9-3-4-9/h2,5-6,9H,3-4H2,1H3,(H2,13,14,15). The summed E-state index contributed by atoms with van der Waals surface area (Å²) in [6, 6.07) is 5.64. The molecule has 1 saturated carbocycles. The molecule has 0 radical (unpaired) electrons. The van der Waals surface area contributed by atoms with Gasteiger partial charge in [0.2, 0.25) is 0 Å². The Morgan fingerprint density at radius 2 is 2.20 bits per heavy atom. The molecular weight excluding hydrogens is 212 g/mol. The monoisotopic (exact) mass is 224 g/mol. The van der Waals surface area contributed by atoms with E-state index in [4.69, 9.17) is 11.6 Å². The third kappa shape index (κ3) is 2.86. The molecule has 0 spiro atoms. The van der Waals surface area contributed by atoms with E-state index in [1.165, 1.54) is 0 Å². The summed E-state index contributed by atoms with van der Waals surface area (Å²) >= 11 is 5.82. The average Bonchev–Trinajstić information content (AvgIpc) is 2.94. The van der Waals surface area contributed by atoms with Gasteiger partial charge in [-0.15, -0.1) is 0 Å². The third-order valence-corrected chi connectivity index (χ3v) is 2.58. The summed E-state index contributed by atoms with van der Waals surface area (Å²) in [5, 5.41) is 6.34. The lowest BCUT2D eigenvalue weighted by molar-refractivity contribution is 0.251. The van der Waals surface area contributed by atoms with Crippen molar-refractivity contribution < 1.29 is 4.79 Å². The summed E-state index contributed by atoms with van der Waals surface area (Å²) < 4.78 is 0. The minimum absolute atomic E-state index is 0.136. The van der Waals surface area contributed by atoms with Gasteiger partial charge in [-0.05, 0) is 43.5 Å². The number of nitrogens with one attached hydrogen (secondary N) is 2. The molecule has 0 saturated heterocycles. The minimum atomic E-state index is -0.136. The molecule has 0 unspecified atom stereocenters. The zero-order valence-corrected chi connectivity index (χ0v) is 9.27. The Hall–Kier alpha value is -1.22. The average molecular weight is 225 g/mol. The molecule has 1 fully saturated rings. The second kappa shape index (κ2) is 4.11. The van der Waals surface area contributed by atoms with Gasteiger partial charge in [0.15, 0.2) is 0 Å². The van der Waals surface area contributed by atoms with Crippen LogP contribution in [0.3, 0.4) is 0 Å². The molecule has 1 aromatic carbocycles. The van der Waals surface area contributed by atoms with E-state index in [1.54, 1.807) is 6.07 Å². The molecule has 3 nitrogen and oxygen atoms in total. The van der Waals surface area contributed by atoms with Crippen molar-refractivity contribution in [3.8, 4) is 0 Å². The minimum Gasteiger partial charge on any atom is -0.335 e. The van der Waals surface area contributed by atoms with Crippen LogP contribution < -0.4 is 10.6 Å². The van der Waals surface area contributed by atoms with Gasteiger partial charge >= 0.3 is 6.03 Å². The Bertz CT molecular complexity index is 388. The quantitative estimate of drug-likeness (QED) is 0.797. The zero-order chi connectivity index (χ0) is 10.8. The van der Waals surface area contributed by atoms with Crippen LogP contribution in [0.2, 0.25) is 5.02 Å². The van der Waals surface area contributed by atoms with Gasteiger partial charge in [0.25, 0.3) is 0 Å². The van der Waals surface area contributed by atoms with Crippen LogP contribution in [-0.2, 0) is 0 Å². The Balaban J connectivity index is 1.99. The summed E-state index contributed by atoms with van der Waals surface area (Å²) in [6.07, 6.45) is 2.18. The number of amides is 2. The molecule has 1 aliphatic carbocycles. The first-order chi connectivity index (χ1) is 7.15. The van der Waals surface area contributed by atoms with E-state index in [9.17, 15) is 4.79 Å². The molecule has 15 heavy (non-hydrogen) atoms. The maximum atomic E-state index is 11.4. The molecule has 0 atom stereocenters. The van der Waals surface area contributed by atoms with Crippen molar-refractivity contribution in [2.45, 2.75) is 25.8 Å². The first-order valence-electron chi connectivity index (χ1n) is 4.99. The molecule has 80 valence electrons. The van der Waals surface area contributed by atoms with E-state index in [-0.39, 0.29) is 6.03 Å². The van der Waals surface area contributed by atoms with Crippen LogP contribution >= 0.6 is 11.6 Å². The molecule has 2 N–H and O–H groups in total. The van der Waals surface area contributed by atoms with Crippen LogP contribution in [0.15, 0.2) is 18.2 Å². The van der Waals surface area contributed by atoms with Gasteiger partial charge in [-0.25, -0.2) is 4.79 Å². The van der Waals surface area contributed by atoms with Gasteiger partial charge in [0.05, 0.1) is 0 Å². The number of hydrogen-bond acceptors (Lipinski definition) is 1. The summed E-state index contributed by atoms with van der Waals surface area (Å²) in [4.78, 5) is 11.4. The first-order valence-corrected chi connectivity index (χ1v) is 5.36. The van der Waals surface area contributed by atoms with E-state index in [1.807, 2.05) is 19.1 Å². The van der Waals surface area contributed by atoms with Crippen LogP contribution in [-0.4, -0.2) is 12.1 Å². The Morgan fingerprint density at radius 3 is 2.80 bits per heavy atom. The fourth-order valence-corrected chi connectivity index (χ4v) is 1.57. The molecule has 0 aliphatic heterocycles.